The predicted molar refractivity (Wildman–Crippen MR) is 128 cm³/mol. The van der Waals surface area contributed by atoms with E-state index in [1.807, 2.05) is 42.5 Å². The van der Waals surface area contributed by atoms with Gasteiger partial charge in [-0.2, -0.15) is 0 Å². The number of hydrogen-bond acceptors (Lipinski definition) is 6. The average Bonchev–Trinajstić information content (AvgIpc) is 2.85. The fraction of sp³-hybridized carbons (Fsp3) is 0. The van der Waals surface area contributed by atoms with Gasteiger partial charge < -0.3 is 15.4 Å². The molecule has 0 spiro atoms. The summed E-state index contributed by atoms with van der Waals surface area (Å²) in [6.07, 6.45) is 6.62. The summed E-state index contributed by atoms with van der Waals surface area (Å²) in [5.74, 6) is 1.26. The Kier molecular flexibility index (Phi) is 5.59. The molecule has 0 saturated heterocycles. The van der Waals surface area contributed by atoms with Crippen LogP contribution >= 0.6 is 0 Å². The SMILES string of the molecule is O=C(Nc1cc(Oc2cccnc2)ccn1)c1cccc(Nc2ccnc3ccccc23)c1. The molecule has 2 aromatic carbocycles. The number of rotatable bonds is 6. The van der Waals surface area contributed by atoms with E-state index in [1.165, 1.54) is 0 Å². The highest BCUT2D eigenvalue weighted by Crippen LogP contribution is 2.26. The molecule has 5 rings (SSSR count). The molecule has 3 aromatic heterocycles. The number of benzene rings is 2. The maximum Gasteiger partial charge on any atom is 0.256 e. The number of anilines is 3. The van der Waals surface area contributed by atoms with Gasteiger partial charge in [-0.25, -0.2) is 4.98 Å². The van der Waals surface area contributed by atoms with Gasteiger partial charge in [-0.3, -0.25) is 14.8 Å². The van der Waals surface area contributed by atoms with Gasteiger partial charge in [0.05, 0.1) is 11.7 Å². The second kappa shape index (κ2) is 9.15. The summed E-state index contributed by atoms with van der Waals surface area (Å²) in [4.78, 5) is 25.5. The number of carbonyl (C=O) groups is 1. The number of nitrogens with zero attached hydrogens (tertiary/aromatic N) is 3. The van der Waals surface area contributed by atoms with Gasteiger partial charge in [0.25, 0.3) is 5.91 Å². The Morgan fingerprint density at radius 2 is 1.70 bits per heavy atom. The number of ether oxygens (including phenoxy) is 1. The van der Waals surface area contributed by atoms with Gasteiger partial charge in [0.1, 0.15) is 17.3 Å². The number of amides is 1. The lowest BCUT2D eigenvalue weighted by Gasteiger charge is -2.11. The zero-order chi connectivity index (χ0) is 22.5. The molecule has 5 aromatic rings. The number of para-hydroxylation sites is 1. The molecule has 7 nitrogen and oxygen atoms in total. The first-order valence-corrected chi connectivity index (χ1v) is 10.3. The first-order valence-electron chi connectivity index (χ1n) is 10.3. The van der Waals surface area contributed by atoms with Crippen molar-refractivity contribution in [3.63, 3.8) is 0 Å². The molecular weight excluding hydrogens is 414 g/mol. The highest BCUT2D eigenvalue weighted by atomic mass is 16.5. The Morgan fingerprint density at radius 1 is 0.788 bits per heavy atom. The van der Waals surface area contributed by atoms with Crippen molar-refractivity contribution in [2.24, 2.45) is 0 Å². The zero-order valence-electron chi connectivity index (χ0n) is 17.5. The second-order valence-electron chi connectivity index (χ2n) is 7.20. The van der Waals surface area contributed by atoms with Gasteiger partial charge in [-0.1, -0.05) is 24.3 Å². The Hall–Kier alpha value is -4.78. The number of carbonyl (C=O) groups excluding carboxylic acids is 1. The highest BCUT2D eigenvalue weighted by Gasteiger charge is 2.10. The second-order valence-corrected chi connectivity index (χ2v) is 7.20. The van der Waals surface area contributed by atoms with Crippen molar-refractivity contribution in [1.29, 1.82) is 0 Å². The lowest BCUT2D eigenvalue weighted by molar-refractivity contribution is 0.102. The fourth-order valence-electron chi connectivity index (χ4n) is 3.37. The molecule has 33 heavy (non-hydrogen) atoms. The quantitative estimate of drug-likeness (QED) is 0.351. The van der Waals surface area contributed by atoms with E-state index in [9.17, 15) is 4.79 Å². The summed E-state index contributed by atoms with van der Waals surface area (Å²) in [7, 11) is 0. The Bertz CT molecular complexity index is 1420. The van der Waals surface area contributed by atoms with Crippen LogP contribution in [0.15, 0.2) is 104 Å². The van der Waals surface area contributed by atoms with Crippen LogP contribution in [0, 0.1) is 0 Å². The molecule has 7 heteroatoms. The fourth-order valence-corrected chi connectivity index (χ4v) is 3.37. The molecule has 3 heterocycles. The largest absolute Gasteiger partial charge is 0.456 e. The minimum atomic E-state index is -0.274. The lowest BCUT2D eigenvalue weighted by Crippen LogP contribution is -2.13. The normalized spacial score (nSPS) is 10.5. The number of pyridine rings is 3. The van der Waals surface area contributed by atoms with E-state index in [0.717, 1.165) is 22.3 Å². The summed E-state index contributed by atoms with van der Waals surface area (Å²) in [6, 6.07) is 24.1. The van der Waals surface area contributed by atoms with Crippen molar-refractivity contribution in [3.05, 3.63) is 109 Å². The Labute approximate surface area is 190 Å². The van der Waals surface area contributed by atoms with Crippen molar-refractivity contribution >= 4 is 34.0 Å². The van der Waals surface area contributed by atoms with Crippen LogP contribution in [-0.2, 0) is 0 Å². The molecule has 0 unspecified atom stereocenters. The van der Waals surface area contributed by atoms with Gasteiger partial charge in [-0.15, -0.1) is 0 Å². The molecule has 0 saturated carbocycles. The molecule has 0 atom stereocenters. The number of aromatic nitrogens is 3. The summed E-state index contributed by atoms with van der Waals surface area (Å²) in [5, 5.41) is 7.21. The van der Waals surface area contributed by atoms with E-state index in [1.54, 1.807) is 61.2 Å². The third-order valence-corrected chi connectivity index (χ3v) is 4.90. The maximum absolute atomic E-state index is 12.9. The molecule has 0 aliphatic rings. The number of fused-ring (bicyclic) bond motifs is 1. The monoisotopic (exact) mass is 433 g/mol. The third kappa shape index (κ3) is 4.77. The van der Waals surface area contributed by atoms with Crippen molar-refractivity contribution in [2.75, 3.05) is 10.6 Å². The first kappa shape index (κ1) is 20.1. The summed E-state index contributed by atoms with van der Waals surface area (Å²) < 4.78 is 5.76. The van der Waals surface area contributed by atoms with E-state index in [-0.39, 0.29) is 5.91 Å². The molecule has 1 amide bonds. The van der Waals surface area contributed by atoms with Gasteiger partial charge >= 0.3 is 0 Å². The number of nitrogens with one attached hydrogen (secondary N) is 2. The summed E-state index contributed by atoms with van der Waals surface area (Å²) >= 11 is 0. The van der Waals surface area contributed by atoms with Crippen LogP contribution in [0.5, 0.6) is 11.5 Å². The van der Waals surface area contributed by atoms with Gasteiger partial charge in [0.15, 0.2) is 0 Å². The molecular formula is C26H19N5O2. The topological polar surface area (TPSA) is 89.0 Å². The van der Waals surface area contributed by atoms with Crippen molar-refractivity contribution in [1.82, 2.24) is 15.0 Å². The molecule has 0 aliphatic heterocycles. The van der Waals surface area contributed by atoms with Gasteiger partial charge in [0.2, 0.25) is 0 Å². The summed E-state index contributed by atoms with van der Waals surface area (Å²) in [6.45, 7) is 0. The third-order valence-electron chi connectivity index (χ3n) is 4.90. The van der Waals surface area contributed by atoms with Crippen LogP contribution in [0.2, 0.25) is 0 Å². The average molecular weight is 433 g/mol. The van der Waals surface area contributed by atoms with Crippen LogP contribution in [0.25, 0.3) is 10.9 Å². The Morgan fingerprint density at radius 3 is 2.61 bits per heavy atom. The van der Waals surface area contributed by atoms with E-state index < -0.39 is 0 Å². The Balaban J connectivity index is 1.32. The number of hydrogen-bond donors (Lipinski definition) is 2. The van der Waals surface area contributed by atoms with E-state index in [0.29, 0.717) is 22.9 Å². The predicted octanol–water partition coefficient (Wildman–Crippen LogP) is 5.81. The van der Waals surface area contributed by atoms with Crippen molar-refractivity contribution < 1.29 is 9.53 Å². The highest BCUT2D eigenvalue weighted by molar-refractivity contribution is 6.04. The van der Waals surface area contributed by atoms with Gasteiger partial charge in [0, 0.05) is 47.0 Å². The lowest BCUT2D eigenvalue weighted by atomic mass is 10.1. The first-order chi connectivity index (χ1) is 16.2. The van der Waals surface area contributed by atoms with Gasteiger partial charge in [-0.05, 0) is 48.5 Å². The van der Waals surface area contributed by atoms with E-state index in [2.05, 4.69) is 25.6 Å². The van der Waals surface area contributed by atoms with Crippen LogP contribution in [0.3, 0.4) is 0 Å². The zero-order valence-corrected chi connectivity index (χ0v) is 17.5. The van der Waals surface area contributed by atoms with Crippen LogP contribution in [0.4, 0.5) is 17.2 Å². The maximum atomic E-state index is 12.9. The van der Waals surface area contributed by atoms with Crippen LogP contribution in [0.1, 0.15) is 10.4 Å². The van der Waals surface area contributed by atoms with Crippen molar-refractivity contribution in [3.8, 4) is 11.5 Å². The van der Waals surface area contributed by atoms with E-state index in [4.69, 9.17) is 4.74 Å². The van der Waals surface area contributed by atoms with Crippen LogP contribution in [-0.4, -0.2) is 20.9 Å². The molecule has 0 fully saturated rings. The minimum absolute atomic E-state index is 0.274. The van der Waals surface area contributed by atoms with Crippen LogP contribution < -0.4 is 15.4 Å². The standard InChI is InChI=1S/C26H19N5O2/c32-26(31-25-16-20(10-13-29-25)33-21-7-4-12-27-17-21)18-5-3-6-19(15-18)30-24-11-14-28-23-9-2-1-8-22(23)24/h1-17H,(H,28,30)(H,29,31,32). The molecule has 0 radical (unpaired) electrons. The molecule has 0 bridgehead atoms. The minimum Gasteiger partial charge on any atom is -0.456 e. The molecule has 2 N–H and O–H groups in total. The summed E-state index contributed by atoms with van der Waals surface area (Å²) in [5.41, 5.74) is 3.11. The molecule has 0 aliphatic carbocycles. The smallest absolute Gasteiger partial charge is 0.256 e. The van der Waals surface area contributed by atoms with E-state index >= 15 is 0 Å². The van der Waals surface area contributed by atoms with Crippen molar-refractivity contribution in [2.45, 2.75) is 0 Å². The molecule has 160 valence electrons.